The van der Waals surface area contributed by atoms with Crippen molar-refractivity contribution in [1.82, 2.24) is 16.0 Å². The molecule has 0 aromatic heterocycles. The predicted octanol–water partition coefficient (Wildman–Crippen LogP) is -0.896. The number of halogens is 1. The standard InChI is InChI=1S/C9H15N3O.ClH/c13-9(7-1-2-11-7)12-8-5-3-10-4-6(5)8;/h5-8,10-11H,1-4H2,(H,12,13);1H/t5?,6?,7-,8?;/m1./s1. The van der Waals surface area contributed by atoms with Gasteiger partial charge in [0, 0.05) is 19.1 Å². The molecule has 4 nitrogen and oxygen atoms in total. The molecule has 1 aliphatic carbocycles. The molecule has 3 fully saturated rings. The van der Waals surface area contributed by atoms with Gasteiger partial charge in [0.2, 0.25) is 5.91 Å². The van der Waals surface area contributed by atoms with Crippen LogP contribution < -0.4 is 16.0 Å². The van der Waals surface area contributed by atoms with Crippen molar-refractivity contribution in [2.75, 3.05) is 19.6 Å². The lowest BCUT2D eigenvalue weighted by Gasteiger charge is -2.26. The highest BCUT2D eigenvalue weighted by molar-refractivity contribution is 5.85. The van der Waals surface area contributed by atoms with Gasteiger partial charge in [-0.15, -0.1) is 12.4 Å². The van der Waals surface area contributed by atoms with E-state index in [0.717, 1.165) is 37.9 Å². The third-order valence-electron chi connectivity index (χ3n) is 3.54. The van der Waals surface area contributed by atoms with Gasteiger partial charge in [0.1, 0.15) is 0 Å². The van der Waals surface area contributed by atoms with Crippen molar-refractivity contribution in [1.29, 1.82) is 0 Å². The van der Waals surface area contributed by atoms with E-state index in [1.807, 2.05) is 0 Å². The second-order valence-electron chi connectivity index (χ2n) is 4.32. The largest absolute Gasteiger partial charge is 0.351 e. The first kappa shape index (κ1) is 10.2. The van der Waals surface area contributed by atoms with E-state index in [9.17, 15) is 4.79 Å². The Kier molecular flexibility index (Phi) is 2.68. The third-order valence-corrected chi connectivity index (χ3v) is 3.54. The summed E-state index contributed by atoms with van der Waals surface area (Å²) in [6.07, 6.45) is 1.01. The van der Waals surface area contributed by atoms with Crippen LogP contribution >= 0.6 is 12.4 Å². The number of amides is 1. The highest BCUT2D eigenvalue weighted by Gasteiger charge is 2.54. The fourth-order valence-corrected chi connectivity index (χ4v) is 2.41. The predicted molar refractivity (Wildman–Crippen MR) is 55.4 cm³/mol. The fourth-order valence-electron chi connectivity index (χ4n) is 2.41. The molecule has 14 heavy (non-hydrogen) atoms. The first-order chi connectivity index (χ1) is 6.36. The van der Waals surface area contributed by atoms with E-state index >= 15 is 0 Å². The van der Waals surface area contributed by atoms with Crippen molar-refractivity contribution in [3.05, 3.63) is 0 Å². The summed E-state index contributed by atoms with van der Waals surface area (Å²) < 4.78 is 0. The number of hydrogen-bond acceptors (Lipinski definition) is 3. The minimum absolute atomic E-state index is 0. The lowest BCUT2D eigenvalue weighted by molar-refractivity contribution is -0.125. The van der Waals surface area contributed by atoms with E-state index in [1.54, 1.807) is 0 Å². The number of fused-ring (bicyclic) bond motifs is 1. The van der Waals surface area contributed by atoms with Crippen LogP contribution in [-0.2, 0) is 4.79 Å². The highest BCUT2D eigenvalue weighted by Crippen LogP contribution is 2.41. The van der Waals surface area contributed by atoms with Crippen LogP contribution in [0, 0.1) is 11.8 Å². The van der Waals surface area contributed by atoms with Gasteiger partial charge < -0.3 is 16.0 Å². The molecular weight excluding hydrogens is 202 g/mol. The van der Waals surface area contributed by atoms with Crippen molar-refractivity contribution >= 4 is 18.3 Å². The van der Waals surface area contributed by atoms with Gasteiger partial charge >= 0.3 is 0 Å². The number of nitrogens with one attached hydrogen (secondary N) is 3. The summed E-state index contributed by atoms with van der Waals surface area (Å²) in [6.45, 7) is 3.18. The second-order valence-corrected chi connectivity index (χ2v) is 4.32. The second kappa shape index (κ2) is 3.68. The first-order valence-corrected chi connectivity index (χ1v) is 5.11. The van der Waals surface area contributed by atoms with Gasteiger partial charge in [0.15, 0.2) is 0 Å². The van der Waals surface area contributed by atoms with Crippen LogP contribution in [0.5, 0.6) is 0 Å². The fraction of sp³-hybridized carbons (Fsp3) is 0.889. The number of rotatable bonds is 2. The van der Waals surface area contributed by atoms with Gasteiger partial charge in [-0.3, -0.25) is 4.79 Å². The highest BCUT2D eigenvalue weighted by atomic mass is 35.5. The molecule has 1 saturated carbocycles. The Morgan fingerprint density at radius 1 is 1.29 bits per heavy atom. The molecule has 2 unspecified atom stereocenters. The van der Waals surface area contributed by atoms with E-state index in [-0.39, 0.29) is 24.4 Å². The van der Waals surface area contributed by atoms with E-state index in [4.69, 9.17) is 0 Å². The monoisotopic (exact) mass is 217 g/mol. The van der Waals surface area contributed by atoms with E-state index < -0.39 is 0 Å². The molecule has 0 bridgehead atoms. The van der Waals surface area contributed by atoms with E-state index in [2.05, 4.69) is 16.0 Å². The average molecular weight is 218 g/mol. The molecule has 3 atom stereocenters. The number of carbonyl (C=O) groups is 1. The molecule has 0 radical (unpaired) electrons. The van der Waals surface area contributed by atoms with E-state index in [0.29, 0.717) is 6.04 Å². The van der Waals surface area contributed by atoms with Crippen molar-refractivity contribution in [2.24, 2.45) is 11.8 Å². The summed E-state index contributed by atoms with van der Waals surface area (Å²) >= 11 is 0. The maximum absolute atomic E-state index is 11.5. The Balaban J connectivity index is 0.000000750. The lowest BCUT2D eigenvalue weighted by atomic mass is 10.1. The topological polar surface area (TPSA) is 53.2 Å². The first-order valence-electron chi connectivity index (χ1n) is 5.11. The number of hydrogen-bond donors (Lipinski definition) is 3. The van der Waals surface area contributed by atoms with Crippen LogP contribution in [0.3, 0.4) is 0 Å². The molecule has 2 aliphatic heterocycles. The molecule has 1 amide bonds. The Morgan fingerprint density at radius 3 is 2.43 bits per heavy atom. The molecule has 80 valence electrons. The third kappa shape index (κ3) is 1.51. The summed E-state index contributed by atoms with van der Waals surface area (Å²) in [6, 6.07) is 0.588. The summed E-state index contributed by atoms with van der Waals surface area (Å²) in [5, 5.41) is 9.55. The van der Waals surface area contributed by atoms with Gasteiger partial charge in [-0.2, -0.15) is 0 Å². The molecule has 0 aromatic carbocycles. The number of carbonyl (C=O) groups excluding carboxylic acids is 1. The van der Waals surface area contributed by atoms with Gasteiger partial charge in [0.25, 0.3) is 0 Å². The zero-order valence-electron chi connectivity index (χ0n) is 7.95. The molecule has 2 saturated heterocycles. The van der Waals surface area contributed by atoms with Crippen LogP contribution in [0.25, 0.3) is 0 Å². The van der Waals surface area contributed by atoms with Crippen LogP contribution in [0.2, 0.25) is 0 Å². The zero-order valence-corrected chi connectivity index (χ0v) is 8.77. The Morgan fingerprint density at radius 2 is 1.93 bits per heavy atom. The molecule has 2 heterocycles. The van der Waals surface area contributed by atoms with Crippen LogP contribution in [-0.4, -0.2) is 37.6 Å². The zero-order chi connectivity index (χ0) is 8.84. The van der Waals surface area contributed by atoms with Gasteiger partial charge in [-0.25, -0.2) is 0 Å². The number of piperidine rings is 1. The van der Waals surface area contributed by atoms with Crippen molar-refractivity contribution in [2.45, 2.75) is 18.5 Å². The minimum atomic E-state index is 0. The van der Waals surface area contributed by atoms with Gasteiger partial charge in [-0.1, -0.05) is 0 Å². The normalized spacial score (nSPS) is 43.1. The molecule has 0 spiro atoms. The molecule has 3 N–H and O–H groups in total. The summed E-state index contributed by atoms with van der Waals surface area (Å²) in [7, 11) is 0. The van der Waals surface area contributed by atoms with Crippen LogP contribution in [0.1, 0.15) is 6.42 Å². The van der Waals surface area contributed by atoms with Crippen LogP contribution in [0.15, 0.2) is 0 Å². The van der Waals surface area contributed by atoms with E-state index in [1.165, 1.54) is 0 Å². The summed E-state index contributed by atoms with van der Waals surface area (Å²) in [4.78, 5) is 11.5. The maximum atomic E-state index is 11.5. The quantitative estimate of drug-likeness (QED) is 0.562. The average Bonchev–Trinajstić information content (AvgIpc) is 2.50. The van der Waals surface area contributed by atoms with Crippen molar-refractivity contribution < 1.29 is 4.79 Å². The molecule has 0 aromatic rings. The molecular formula is C9H16ClN3O. The maximum Gasteiger partial charge on any atom is 0.237 e. The smallest absolute Gasteiger partial charge is 0.237 e. The molecule has 3 aliphatic rings. The molecule has 3 rings (SSSR count). The van der Waals surface area contributed by atoms with Crippen molar-refractivity contribution in [3.8, 4) is 0 Å². The van der Waals surface area contributed by atoms with Gasteiger partial charge in [0.05, 0.1) is 6.04 Å². The lowest BCUT2D eigenvalue weighted by Crippen LogP contribution is -2.54. The Hall–Kier alpha value is -0.320. The summed E-state index contributed by atoms with van der Waals surface area (Å²) in [5.74, 6) is 1.67. The Bertz CT molecular complexity index is 234. The van der Waals surface area contributed by atoms with Crippen molar-refractivity contribution in [3.63, 3.8) is 0 Å². The SMILES string of the molecule is Cl.O=C(NC1C2CNCC21)[C@H]1CCN1. The molecule has 5 heteroatoms. The Labute approximate surface area is 89.6 Å². The minimum Gasteiger partial charge on any atom is -0.351 e. The summed E-state index contributed by atoms with van der Waals surface area (Å²) in [5.41, 5.74) is 0. The van der Waals surface area contributed by atoms with Gasteiger partial charge in [-0.05, 0) is 24.8 Å². The van der Waals surface area contributed by atoms with Crippen LogP contribution in [0.4, 0.5) is 0 Å².